The summed E-state index contributed by atoms with van der Waals surface area (Å²) in [7, 11) is 0. The predicted octanol–water partition coefficient (Wildman–Crippen LogP) is 6.61. The van der Waals surface area contributed by atoms with Crippen LogP contribution in [0.1, 0.15) is 47.2 Å². The molecule has 0 atom stereocenters. The Morgan fingerprint density at radius 3 is 2.68 bits per heavy atom. The number of hydrogen-bond acceptors (Lipinski definition) is 6. The molecule has 8 heteroatoms. The fourth-order valence-electron chi connectivity index (χ4n) is 4.90. The molecule has 0 radical (unpaired) electrons. The third-order valence-corrected chi connectivity index (χ3v) is 9.21. The summed E-state index contributed by atoms with van der Waals surface area (Å²) in [5, 5.41) is 12.8. The third kappa shape index (κ3) is 5.71. The second kappa shape index (κ2) is 11.0. The third-order valence-electron chi connectivity index (χ3n) is 7.26. The van der Waals surface area contributed by atoms with Crippen LogP contribution in [0.25, 0.3) is 16.9 Å². The van der Waals surface area contributed by atoms with Gasteiger partial charge in [-0.1, -0.05) is 35.5 Å². The van der Waals surface area contributed by atoms with Gasteiger partial charge in [0.25, 0.3) is 5.91 Å². The van der Waals surface area contributed by atoms with Gasteiger partial charge in [-0.3, -0.25) is 4.79 Å². The van der Waals surface area contributed by atoms with Crippen molar-refractivity contribution in [2.24, 2.45) is 5.92 Å². The van der Waals surface area contributed by atoms with E-state index in [9.17, 15) is 4.79 Å². The Kier molecular flexibility index (Phi) is 7.34. The van der Waals surface area contributed by atoms with Gasteiger partial charge in [0.15, 0.2) is 5.65 Å². The predicted molar refractivity (Wildman–Crippen MR) is 157 cm³/mol. The lowest BCUT2D eigenvalue weighted by Gasteiger charge is -2.22. The fourth-order valence-corrected chi connectivity index (χ4v) is 7.03. The van der Waals surface area contributed by atoms with Gasteiger partial charge in [0.1, 0.15) is 5.03 Å². The van der Waals surface area contributed by atoms with Crippen LogP contribution in [0, 0.1) is 19.8 Å². The van der Waals surface area contributed by atoms with E-state index >= 15 is 0 Å². The molecule has 2 aliphatic rings. The Bertz CT molecular complexity index is 1470. The van der Waals surface area contributed by atoms with Crippen molar-refractivity contribution >= 4 is 40.8 Å². The van der Waals surface area contributed by atoms with Crippen molar-refractivity contribution in [2.45, 2.75) is 55.5 Å². The van der Waals surface area contributed by atoms with Gasteiger partial charge in [-0.25, -0.2) is 9.50 Å². The molecule has 6 rings (SSSR count). The van der Waals surface area contributed by atoms with Crippen molar-refractivity contribution in [2.75, 3.05) is 23.4 Å². The lowest BCUT2D eigenvalue weighted by Crippen LogP contribution is -2.26. The molecule has 3 heterocycles. The first-order chi connectivity index (χ1) is 18.5. The Hall–Kier alpha value is -2.97. The molecule has 1 aliphatic carbocycles. The van der Waals surface area contributed by atoms with Crippen LogP contribution < -0.4 is 10.6 Å². The van der Waals surface area contributed by atoms with E-state index in [1.54, 1.807) is 11.8 Å². The summed E-state index contributed by atoms with van der Waals surface area (Å²) >= 11 is 3.72. The highest BCUT2D eigenvalue weighted by molar-refractivity contribution is 7.99. The monoisotopic (exact) mass is 543 g/mol. The number of benzene rings is 2. The topological polar surface area (TPSA) is 71.3 Å². The number of hydrogen-bond donors (Lipinski definition) is 2. The summed E-state index contributed by atoms with van der Waals surface area (Å²) < 4.78 is 1.95. The zero-order chi connectivity index (χ0) is 26.1. The van der Waals surface area contributed by atoms with Crippen molar-refractivity contribution in [3.8, 4) is 11.3 Å². The molecule has 2 N–H and O–H groups in total. The SMILES string of the molecule is Cc1cccc(Sc2cc(NCC3CCSCC3)c3ncc(-c4ccc(C(=O)NC5CC5)c(C)c4)n3n2)c1. The van der Waals surface area contributed by atoms with E-state index in [0.717, 1.165) is 63.0 Å². The first kappa shape index (κ1) is 25.3. The maximum Gasteiger partial charge on any atom is 0.251 e. The van der Waals surface area contributed by atoms with Gasteiger partial charge < -0.3 is 10.6 Å². The number of carbonyl (C=O) groups excluding carboxylic acids is 1. The minimum atomic E-state index is 0.0113. The van der Waals surface area contributed by atoms with E-state index in [1.807, 2.05) is 29.8 Å². The molecule has 2 aromatic carbocycles. The van der Waals surface area contributed by atoms with Crippen LogP contribution in [0.5, 0.6) is 0 Å². The number of aromatic nitrogens is 3. The fraction of sp³-hybridized carbons (Fsp3) is 0.367. The highest BCUT2D eigenvalue weighted by Gasteiger charge is 2.25. The second-order valence-electron chi connectivity index (χ2n) is 10.4. The second-order valence-corrected chi connectivity index (χ2v) is 12.7. The molecular weight excluding hydrogens is 510 g/mol. The van der Waals surface area contributed by atoms with E-state index in [4.69, 9.17) is 10.1 Å². The number of nitrogens with zero attached hydrogens (tertiary/aromatic N) is 3. The first-order valence-electron chi connectivity index (χ1n) is 13.4. The number of imidazole rings is 1. The molecule has 1 amide bonds. The largest absolute Gasteiger partial charge is 0.382 e. The Morgan fingerprint density at radius 2 is 1.92 bits per heavy atom. The van der Waals surface area contributed by atoms with Gasteiger partial charge in [0, 0.05) is 28.6 Å². The van der Waals surface area contributed by atoms with Gasteiger partial charge in [-0.15, -0.1) is 0 Å². The zero-order valence-electron chi connectivity index (χ0n) is 21.9. The summed E-state index contributed by atoms with van der Waals surface area (Å²) in [6.45, 7) is 5.05. The van der Waals surface area contributed by atoms with Crippen LogP contribution in [0.2, 0.25) is 0 Å². The number of amides is 1. The average Bonchev–Trinajstić information content (AvgIpc) is 3.63. The van der Waals surface area contributed by atoms with Gasteiger partial charge in [0.2, 0.25) is 0 Å². The summed E-state index contributed by atoms with van der Waals surface area (Å²) in [6, 6.07) is 17.0. The molecule has 0 bridgehead atoms. The molecular formula is C30H33N5OS2. The molecule has 0 unspecified atom stereocenters. The van der Waals surface area contributed by atoms with Crippen LogP contribution >= 0.6 is 23.5 Å². The average molecular weight is 544 g/mol. The van der Waals surface area contributed by atoms with Crippen molar-refractivity contribution in [3.63, 3.8) is 0 Å². The lowest BCUT2D eigenvalue weighted by atomic mass is 10.0. The molecule has 0 spiro atoms. The molecule has 6 nitrogen and oxygen atoms in total. The molecule has 4 aromatic rings. The molecule has 1 aliphatic heterocycles. The number of nitrogens with one attached hydrogen (secondary N) is 2. The van der Waals surface area contributed by atoms with Crippen molar-refractivity contribution < 1.29 is 4.79 Å². The van der Waals surface area contributed by atoms with Crippen molar-refractivity contribution in [1.29, 1.82) is 0 Å². The van der Waals surface area contributed by atoms with E-state index in [0.29, 0.717) is 12.0 Å². The zero-order valence-corrected chi connectivity index (χ0v) is 23.5. The number of aryl methyl sites for hydroxylation is 2. The minimum absolute atomic E-state index is 0.0113. The van der Waals surface area contributed by atoms with Crippen LogP contribution in [0.3, 0.4) is 0 Å². The van der Waals surface area contributed by atoms with Gasteiger partial charge >= 0.3 is 0 Å². The highest BCUT2D eigenvalue weighted by Crippen LogP contribution is 2.33. The maximum absolute atomic E-state index is 12.7. The highest BCUT2D eigenvalue weighted by atomic mass is 32.2. The van der Waals surface area contributed by atoms with Crippen LogP contribution in [0.4, 0.5) is 5.69 Å². The Balaban J connectivity index is 1.35. The standard InChI is InChI=1S/C30H33N5OS2/c1-19-4-3-5-24(14-19)38-28-16-26(31-17-21-10-12-37-13-11-21)29-32-18-27(35(29)34-28)22-6-9-25(20(2)15-22)30(36)33-23-7-8-23/h3-6,9,14-16,18,21,23,31H,7-8,10-13,17H2,1-2H3,(H,33,36). The number of carbonyl (C=O) groups is 1. The summed E-state index contributed by atoms with van der Waals surface area (Å²) in [4.78, 5) is 18.6. The lowest BCUT2D eigenvalue weighted by molar-refractivity contribution is 0.0950. The van der Waals surface area contributed by atoms with E-state index in [-0.39, 0.29) is 5.91 Å². The number of rotatable bonds is 8. The molecule has 38 heavy (non-hydrogen) atoms. The summed E-state index contributed by atoms with van der Waals surface area (Å²) in [5.74, 6) is 3.18. The molecule has 196 valence electrons. The minimum Gasteiger partial charge on any atom is -0.382 e. The van der Waals surface area contributed by atoms with E-state index < -0.39 is 0 Å². The molecule has 1 saturated heterocycles. The maximum atomic E-state index is 12.7. The van der Waals surface area contributed by atoms with Crippen molar-refractivity contribution in [1.82, 2.24) is 19.9 Å². The van der Waals surface area contributed by atoms with Crippen molar-refractivity contribution in [3.05, 3.63) is 71.4 Å². The Labute approximate surface area is 232 Å². The smallest absolute Gasteiger partial charge is 0.251 e. The Morgan fingerprint density at radius 1 is 1.08 bits per heavy atom. The van der Waals surface area contributed by atoms with Gasteiger partial charge in [-0.2, -0.15) is 16.9 Å². The number of thioether (sulfide) groups is 1. The number of fused-ring (bicyclic) bond motifs is 1. The molecule has 2 fully saturated rings. The van der Waals surface area contributed by atoms with E-state index in [2.05, 4.69) is 65.7 Å². The normalized spacial score (nSPS) is 16.1. The first-order valence-corrected chi connectivity index (χ1v) is 15.4. The van der Waals surface area contributed by atoms with Crippen LogP contribution in [-0.4, -0.2) is 44.6 Å². The van der Waals surface area contributed by atoms with E-state index in [1.165, 1.54) is 29.9 Å². The quantitative estimate of drug-likeness (QED) is 0.261. The van der Waals surface area contributed by atoms with Gasteiger partial charge in [-0.05, 0) is 92.8 Å². The van der Waals surface area contributed by atoms with Gasteiger partial charge in [0.05, 0.1) is 17.6 Å². The summed E-state index contributed by atoms with van der Waals surface area (Å²) in [6.07, 6.45) is 6.56. The van der Waals surface area contributed by atoms with Crippen LogP contribution in [0.15, 0.2) is 64.6 Å². The molecule has 1 saturated carbocycles. The molecule has 2 aromatic heterocycles. The van der Waals surface area contributed by atoms with Crippen LogP contribution in [-0.2, 0) is 0 Å². The number of anilines is 1. The summed E-state index contributed by atoms with van der Waals surface area (Å²) in [5.41, 5.74) is 6.66.